The zero-order valence-corrected chi connectivity index (χ0v) is 23.1. The number of nitrogens with zero attached hydrogens (tertiary/aromatic N) is 2. The molecule has 3 aromatic rings. The molecule has 2 heterocycles. The Hall–Kier alpha value is -2.06. The Morgan fingerprint density at radius 3 is 2.62 bits per heavy atom. The molecule has 1 saturated heterocycles. The lowest BCUT2D eigenvalue weighted by molar-refractivity contribution is -0.153. The van der Waals surface area contributed by atoms with E-state index in [1.165, 1.54) is 11.1 Å². The number of aliphatic carboxylic acids is 1. The second kappa shape index (κ2) is 12.7. The number of pyridine rings is 1. The summed E-state index contributed by atoms with van der Waals surface area (Å²) in [6.07, 6.45) is 2.43. The maximum Gasteiger partial charge on any atom is 0.309 e. The van der Waals surface area contributed by atoms with Crippen molar-refractivity contribution in [1.29, 1.82) is 0 Å². The van der Waals surface area contributed by atoms with E-state index in [9.17, 15) is 9.90 Å². The van der Waals surface area contributed by atoms with Crippen LogP contribution >= 0.6 is 35.0 Å². The summed E-state index contributed by atoms with van der Waals surface area (Å²) < 4.78 is 20.9. The average molecular weight is 566 g/mol. The summed E-state index contributed by atoms with van der Waals surface area (Å²) in [6, 6.07) is 13.1. The number of piperidine rings is 1. The molecule has 0 aliphatic carbocycles. The third-order valence-corrected chi connectivity index (χ3v) is 8.88. The van der Waals surface area contributed by atoms with Crippen LogP contribution in [-0.4, -0.2) is 53.5 Å². The van der Waals surface area contributed by atoms with Crippen LogP contribution in [0.1, 0.15) is 43.8 Å². The Morgan fingerprint density at radius 1 is 1.22 bits per heavy atom. The van der Waals surface area contributed by atoms with Gasteiger partial charge in [0.15, 0.2) is 0 Å². The average Bonchev–Trinajstić information content (AvgIpc) is 2.91. The molecule has 1 fully saturated rings. The number of hydrogen-bond acceptors (Lipinski definition) is 5. The van der Waals surface area contributed by atoms with E-state index in [0.717, 1.165) is 23.7 Å². The molecule has 37 heavy (non-hydrogen) atoms. The number of ether oxygens (including phenoxy) is 1. The second-order valence-electron chi connectivity index (χ2n) is 9.49. The highest BCUT2D eigenvalue weighted by molar-refractivity contribution is 7.99. The molecule has 1 atom stereocenters. The van der Waals surface area contributed by atoms with Gasteiger partial charge in [-0.3, -0.25) is 9.78 Å². The smallest absolute Gasteiger partial charge is 0.309 e. The number of carboxylic acids is 1. The Balaban J connectivity index is 1.32. The molecular weight excluding hydrogens is 534 g/mol. The quantitative estimate of drug-likeness (QED) is 0.190. The predicted molar refractivity (Wildman–Crippen MR) is 149 cm³/mol. The van der Waals surface area contributed by atoms with Gasteiger partial charge >= 0.3 is 5.97 Å². The second-order valence-corrected chi connectivity index (χ2v) is 11.5. The van der Waals surface area contributed by atoms with Gasteiger partial charge in [-0.05, 0) is 100.0 Å². The van der Waals surface area contributed by atoms with Crippen molar-refractivity contribution in [3.05, 3.63) is 64.3 Å². The van der Waals surface area contributed by atoms with Gasteiger partial charge in [0.2, 0.25) is 0 Å². The fourth-order valence-corrected chi connectivity index (χ4v) is 6.18. The van der Waals surface area contributed by atoms with Crippen molar-refractivity contribution in [3.8, 4) is 5.75 Å². The SMILES string of the molecule is COc1ccc2ncc(Cl)c([C@@H](F)CCC3(C(=O)O)CCN(CCCSc4ccc(Cl)cc4)CC3)c2c1. The van der Waals surface area contributed by atoms with Gasteiger partial charge in [-0.25, -0.2) is 4.39 Å². The number of carbonyl (C=O) groups is 1. The van der Waals surface area contributed by atoms with Gasteiger partial charge in [0, 0.05) is 27.1 Å². The topological polar surface area (TPSA) is 62.7 Å². The van der Waals surface area contributed by atoms with Gasteiger partial charge in [-0.15, -0.1) is 11.8 Å². The highest BCUT2D eigenvalue weighted by Crippen LogP contribution is 2.42. The molecule has 4 rings (SSSR count). The van der Waals surface area contributed by atoms with E-state index in [4.69, 9.17) is 27.9 Å². The minimum absolute atomic E-state index is 0.0834. The van der Waals surface area contributed by atoms with Crippen molar-refractivity contribution < 1.29 is 19.0 Å². The zero-order valence-electron chi connectivity index (χ0n) is 20.8. The summed E-state index contributed by atoms with van der Waals surface area (Å²) in [5.74, 6) is 0.730. The van der Waals surface area contributed by atoms with Crippen LogP contribution < -0.4 is 4.74 Å². The first kappa shape index (κ1) is 28.0. The Bertz CT molecular complexity index is 1220. The maximum atomic E-state index is 15.6. The zero-order chi connectivity index (χ0) is 26.4. The van der Waals surface area contributed by atoms with Crippen molar-refractivity contribution in [3.63, 3.8) is 0 Å². The number of aromatic nitrogens is 1. The van der Waals surface area contributed by atoms with E-state index >= 15 is 4.39 Å². The van der Waals surface area contributed by atoms with Crippen molar-refractivity contribution in [1.82, 2.24) is 9.88 Å². The summed E-state index contributed by atoms with van der Waals surface area (Å²) in [5.41, 5.74) is 0.0476. The third-order valence-electron chi connectivity index (χ3n) is 7.23. The predicted octanol–water partition coefficient (Wildman–Crippen LogP) is 7.69. The monoisotopic (exact) mass is 564 g/mol. The van der Waals surface area contributed by atoms with Crippen LogP contribution in [0.2, 0.25) is 10.0 Å². The number of halogens is 3. The number of rotatable bonds is 11. The number of benzene rings is 2. The van der Waals surface area contributed by atoms with Crippen molar-refractivity contribution in [2.45, 2.75) is 43.2 Å². The van der Waals surface area contributed by atoms with Crippen LogP contribution in [0.25, 0.3) is 10.9 Å². The highest BCUT2D eigenvalue weighted by atomic mass is 35.5. The summed E-state index contributed by atoms with van der Waals surface area (Å²) in [6.45, 7) is 2.32. The lowest BCUT2D eigenvalue weighted by atomic mass is 9.74. The molecule has 1 aliphatic rings. The summed E-state index contributed by atoms with van der Waals surface area (Å²) in [7, 11) is 1.55. The highest BCUT2D eigenvalue weighted by Gasteiger charge is 2.41. The number of hydrogen-bond donors (Lipinski definition) is 1. The molecule has 0 spiro atoms. The van der Waals surface area contributed by atoms with E-state index in [0.29, 0.717) is 48.1 Å². The fourth-order valence-electron chi connectivity index (χ4n) is 4.95. The third kappa shape index (κ3) is 6.88. The lowest BCUT2D eigenvalue weighted by Gasteiger charge is -2.39. The van der Waals surface area contributed by atoms with E-state index < -0.39 is 17.6 Å². The molecule has 1 aliphatic heterocycles. The minimum Gasteiger partial charge on any atom is -0.497 e. The molecular formula is C28H31Cl2FN2O3S. The van der Waals surface area contributed by atoms with Crippen LogP contribution in [0.4, 0.5) is 4.39 Å². The molecule has 1 aromatic heterocycles. The van der Waals surface area contributed by atoms with Crippen LogP contribution in [0, 0.1) is 5.41 Å². The Morgan fingerprint density at radius 2 is 1.95 bits per heavy atom. The number of carboxylic acid groups (broad SMARTS) is 1. The number of thioether (sulfide) groups is 1. The number of likely N-dealkylation sites (tertiary alicyclic amines) is 1. The Kier molecular flexibility index (Phi) is 9.57. The first-order valence-electron chi connectivity index (χ1n) is 12.4. The van der Waals surface area contributed by atoms with Gasteiger partial charge in [0.1, 0.15) is 11.9 Å². The van der Waals surface area contributed by atoms with Gasteiger partial charge in [-0.1, -0.05) is 23.2 Å². The first-order valence-corrected chi connectivity index (χ1v) is 14.2. The molecule has 9 heteroatoms. The standard InChI is InChI=1S/C28H31Cl2FN2O3S/c1-36-20-5-8-25-22(17-20)26(23(30)18-32-25)24(31)9-10-28(27(34)35)11-14-33(15-12-28)13-2-16-37-21-6-3-19(29)4-7-21/h3-8,17-18,24H,2,9-16H2,1H3,(H,34,35)/t24-/m0/s1. The molecule has 0 bridgehead atoms. The van der Waals surface area contributed by atoms with Gasteiger partial charge in [0.05, 0.1) is 23.1 Å². The molecule has 1 N–H and O–H groups in total. The molecule has 198 valence electrons. The largest absolute Gasteiger partial charge is 0.497 e. The summed E-state index contributed by atoms with van der Waals surface area (Å²) >= 11 is 14.1. The van der Waals surface area contributed by atoms with E-state index in [-0.39, 0.29) is 17.9 Å². The maximum absolute atomic E-state index is 15.6. The van der Waals surface area contributed by atoms with Crippen LogP contribution in [-0.2, 0) is 4.79 Å². The minimum atomic E-state index is -1.40. The number of alkyl halides is 1. The van der Waals surface area contributed by atoms with Gasteiger partial charge < -0.3 is 14.7 Å². The van der Waals surface area contributed by atoms with Crippen molar-refractivity contribution in [2.24, 2.45) is 5.41 Å². The molecule has 0 saturated carbocycles. The van der Waals surface area contributed by atoms with Crippen LogP contribution in [0.15, 0.2) is 53.6 Å². The molecule has 0 radical (unpaired) electrons. The fraction of sp³-hybridized carbons (Fsp3) is 0.429. The first-order chi connectivity index (χ1) is 17.8. The van der Waals surface area contributed by atoms with Crippen LogP contribution in [0.5, 0.6) is 5.75 Å². The molecule has 5 nitrogen and oxygen atoms in total. The molecule has 2 aromatic carbocycles. The van der Waals surface area contributed by atoms with E-state index in [2.05, 4.69) is 9.88 Å². The van der Waals surface area contributed by atoms with Gasteiger partial charge in [-0.2, -0.15) is 0 Å². The number of fused-ring (bicyclic) bond motifs is 1. The summed E-state index contributed by atoms with van der Waals surface area (Å²) in [5, 5.41) is 11.7. The normalized spacial score (nSPS) is 16.5. The molecule has 0 amide bonds. The van der Waals surface area contributed by atoms with Crippen molar-refractivity contribution >= 4 is 51.8 Å². The van der Waals surface area contributed by atoms with Crippen molar-refractivity contribution in [2.75, 3.05) is 32.5 Å². The summed E-state index contributed by atoms with van der Waals surface area (Å²) in [4.78, 5) is 20.1. The van der Waals surface area contributed by atoms with Crippen LogP contribution in [0.3, 0.4) is 0 Å². The van der Waals surface area contributed by atoms with E-state index in [1.54, 1.807) is 37.1 Å². The molecule has 0 unspecified atom stereocenters. The lowest BCUT2D eigenvalue weighted by Crippen LogP contribution is -2.44. The number of methoxy groups -OCH3 is 1. The Labute approximate surface area is 231 Å². The van der Waals surface area contributed by atoms with Gasteiger partial charge in [0.25, 0.3) is 0 Å². The van der Waals surface area contributed by atoms with E-state index in [1.807, 2.05) is 24.3 Å².